The van der Waals surface area contributed by atoms with E-state index >= 15 is 0 Å². The average Bonchev–Trinajstić information content (AvgIpc) is 3.26. The second-order valence-electron chi connectivity index (χ2n) is 5.78. The Bertz CT molecular complexity index is 580. The Balaban J connectivity index is 1.77. The molecule has 0 N–H and O–H groups in total. The van der Waals surface area contributed by atoms with Crippen molar-refractivity contribution >= 4 is 41.5 Å². The average molecular weight is 404 g/mol. The Hall–Kier alpha value is -1.25. The molecule has 0 spiro atoms. The van der Waals surface area contributed by atoms with E-state index in [1.807, 2.05) is 6.92 Å². The molecule has 2 heterocycles. The van der Waals surface area contributed by atoms with Crippen LogP contribution in [0.3, 0.4) is 0 Å². The van der Waals surface area contributed by atoms with Crippen LogP contribution in [0.1, 0.15) is 20.3 Å². The SMILES string of the molecule is C=C(C)C1CC1N(C(C)=O)C(=O)I1C2C(=O)N(C)C(=O)C21. The molecule has 4 amide bonds. The summed E-state index contributed by atoms with van der Waals surface area (Å²) < 4.78 is -1.02. The van der Waals surface area contributed by atoms with Gasteiger partial charge in [0, 0.05) is 0 Å². The number of rotatable bonds is 3. The quantitative estimate of drug-likeness (QED) is 0.177. The normalized spacial score (nSPS) is 34.6. The summed E-state index contributed by atoms with van der Waals surface area (Å²) in [5.74, 6) is -0.592. The first-order valence-corrected chi connectivity index (χ1v) is 10.3. The molecule has 0 aromatic heterocycles. The van der Waals surface area contributed by atoms with E-state index in [0.29, 0.717) is 0 Å². The fraction of sp³-hybridized carbons (Fsp3) is 0.571. The fourth-order valence-corrected chi connectivity index (χ4v) is 9.96. The predicted molar refractivity (Wildman–Crippen MR) is 84.0 cm³/mol. The van der Waals surface area contributed by atoms with Crippen LogP contribution in [0.4, 0.5) is 4.79 Å². The molecular formula is C14H17IN2O4. The molecule has 0 aromatic carbocycles. The molecule has 3 rings (SSSR count). The predicted octanol–water partition coefficient (Wildman–Crippen LogP) is 1.18. The van der Waals surface area contributed by atoms with Gasteiger partial charge in [0.15, 0.2) is 0 Å². The number of likely N-dealkylation sites (tertiary alicyclic amines) is 1. The molecule has 114 valence electrons. The van der Waals surface area contributed by atoms with Crippen molar-refractivity contribution in [3.8, 4) is 0 Å². The van der Waals surface area contributed by atoms with E-state index in [2.05, 4.69) is 6.58 Å². The minimum absolute atomic E-state index is 0.117. The summed E-state index contributed by atoms with van der Waals surface area (Å²) in [6.07, 6.45) is 0.752. The molecule has 1 saturated carbocycles. The van der Waals surface area contributed by atoms with Crippen LogP contribution in [-0.2, 0) is 14.4 Å². The molecule has 0 bridgehead atoms. The van der Waals surface area contributed by atoms with Crippen molar-refractivity contribution in [3.63, 3.8) is 0 Å². The topological polar surface area (TPSA) is 74.8 Å². The first kappa shape index (κ1) is 14.7. The van der Waals surface area contributed by atoms with Crippen molar-refractivity contribution in [2.45, 2.75) is 34.2 Å². The van der Waals surface area contributed by atoms with Crippen LogP contribution in [0.2, 0.25) is 0 Å². The van der Waals surface area contributed by atoms with Gasteiger partial charge in [0.05, 0.1) is 0 Å². The van der Waals surface area contributed by atoms with Crippen LogP contribution in [-0.4, -0.2) is 52.4 Å². The molecule has 0 radical (unpaired) electrons. The van der Waals surface area contributed by atoms with Gasteiger partial charge in [0.1, 0.15) is 0 Å². The number of alkyl halides is 2. The zero-order valence-corrected chi connectivity index (χ0v) is 14.3. The van der Waals surface area contributed by atoms with E-state index in [1.165, 1.54) is 18.9 Å². The van der Waals surface area contributed by atoms with Crippen molar-refractivity contribution in [2.75, 3.05) is 7.05 Å². The second-order valence-corrected chi connectivity index (χ2v) is 11.4. The molecule has 3 aliphatic rings. The number of hydrogen-bond donors (Lipinski definition) is 0. The van der Waals surface area contributed by atoms with E-state index in [4.69, 9.17) is 0 Å². The number of amides is 4. The van der Waals surface area contributed by atoms with Gasteiger partial charge in [-0.25, -0.2) is 0 Å². The molecule has 4 unspecified atom stereocenters. The minimum atomic E-state index is -2.38. The van der Waals surface area contributed by atoms with Crippen molar-refractivity contribution < 1.29 is 19.2 Å². The third kappa shape index (κ3) is 2.04. The number of carbonyl (C=O) groups excluding carboxylic acids is 4. The van der Waals surface area contributed by atoms with Crippen LogP contribution in [0.5, 0.6) is 0 Å². The standard InChI is InChI=1S/C14H17IN2O4/c1-6(2)8-5-9(8)17(7(3)18)14(21)15-10-11(15)13(20)16(4)12(10)19/h8-11H,1,5H2,2-4H3. The molecule has 7 heteroatoms. The number of fused-ring (bicyclic) bond motifs is 1. The molecular weight excluding hydrogens is 387 g/mol. The molecule has 1 aliphatic carbocycles. The van der Waals surface area contributed by atoms with E-state index in [9.17, 15) is 19.2 Å². The summed E-state index contributed by atoms with van der Waals surface area (Å²) >= 11 is -2.38. The van der Waals surface area contributed by atoms with Crippen LogP contribution in [0, 0.1) is 5.92 Å². The number of halogens is 1. The van der Waals surface area contributed by atoms with Crippen molar-refractivity contribution in [3.05, 3.63) is 12.2 Å². The van der Waals surface area contributed by atoms with Crippen LogP contribution >= 0.6 is 19.8 Å². The summed E-state index contributed by atoms with van der Waals surface area (Å²) in [4.78, 5) is 50.7. The van der Waals surface area contributed by atoms with Gasteiger partial charge in [-0.1, -0.05) is 0 Å². The second kappa shape index (κ2) is 4.62. The summed E-state index contributed by atoms with van der Waals surface area (Å²) in [5, 5.41) is 0. The molecule has 4 atom stereocenters. The number of carbonyl (C=O) groups is 4. The van der Waals surface area contributed by atoms with Gasteiger partial charge in [-0.2, -0.15) is 0 Å². The number of hydrogen-bond acceptors (Lipinski definition) is 4. The molecule has 0 aromatic rings. The zero-order chi connectivity index (χ0) is 15.6. The summed E-state index contributed by atoms with van der Waals surface area (Å²) in [6.45, 7) is 7.13. The van der Waals surface area contributed by atoms with Gasteiger partial charge in [0.2, 0.25) is 0 Å². The summed E-state index contributed by atoms with van der Waals surface area (Å²) in [7, 11) is 1.45. The first-order chi connectivity index (χ1) is 9.77. The molecule has 2 aliphatic heterocycles. The Labute approximate surface area is 129 Å². The van der Waals surface area contributed by atoms with Gasteiger partial charge in [-0.3, -0.25) is 0 Å². The summed E-state index contributed by atoms with van der Waals surface area (Å²) in [6, 6.07) is -0.117. The molecule has 3 fully saturated rings. The third-order valence-electron chi connectivity index (χ3n) is 4.27. The van der Waals surface area contributed by atoms with E-state index in [0.717, 1.165) is 16.9 Å². The third-order valence-corrected chi connectivity index (χ3v) is 10.4. The maximum absolute atomic E-state index is 12.6. The van der Waals surface area contributed by atoms with Gasteiger partial charge < -0.3 is 0 Å². The van der Waals surface area contributed by atoms with E-state index < -0.39 is 27.7 Å². The van der Waals surface area contributed by atoms with Crippen molar-refractivity contribution in [1.29, 1.82) is 0 Å². The van der Waals surface area contributed by atoms with Crippen LogP contribution in [0.25, 0.3) is 0 Å². The molecule has 6 nitrogen and oxygen atoms in total. The Morgan fingerprint density at radius 1 is 1.24 bits per heavy atom. The Kier molecular flexibility index (Phi) is 3.23. The van der Waals surface area contributed by atoms with E-state index in [1.54, 1.807) is 0 Å². The number of imide groups is 2. The van der Waals surface area contributed by atoms with Gasteiger partial charge in [-0.15, -0.1) is 0 Å². The van der Waals surface area contributed by atoms with Crippen LogP contribution < -0.4 is 0 Å². The maximum atomic E-state index is 12.6. The summed E-state index contributed by atoms with van der Waals surface area (Å²) in [5.41, 5.74) is 0.964. The number of nitrogens with zero attached hydrogens (tertiary/aromatic N) is 2. The fourth-order valence-electron chi connectivity index (χ4n) is 2.91. The Morgan fingerprint density at radius 3 is 2.14 bits per heavy atom. The zero-order valence-electron chi connectivity index (χ0n) is 12.1. The van der Waals surface area contributed by atoms with E-state index in [-0.39, 0.29) is 33.6 Å². The first-order valence-electron chi connectivity index (χ1n) is 6.74. The monoisotopic (exact) mass is 404 g/mol. The van der Waals surface area contributed by atoms with Gasteiger partial charge >= 0.3 is 130 Å². The van der Waals surface area contributed by atoms with Crippen molar-refractivity contribution in [1.82, 2.24) is 9.80 Å². The van der Waals surface area contributed by atoms with Gasteiger partial charge in [0.25, 0.3) is 0 Å². The Morgan fingerprint density at radius 2 is 1.76 bits per heavy atom. The molecule has 2 saturated heterocycles. The van der Waals surface area contributed by atoms with Crippen molar-refractivity contribution in [2.24, 2.45) is 5.92 Å². The van der Waals surface area contributed by atoms with Gasteiger partial charge in [-0.05, 0) is 0 Å². The van der Waals surface area contributed by atoms with Crippen LogP contribution in [0.15, 0.2) is 12.2 Å². The molecule has 21 heavy (non-hydrogen) atoms.